The van der Waals surface area contributed by atoms with Gasteiger partial charge in [-0.05, 0) is 24.6 Å². The van der Waals surface area contributed by atoms with Gasteiger partial charge in [-0.15, -0.1) is 0 Å². The quantitative estimate of drug-likeness (QED) is 0.723. The number of hydrogen-bond acceptors (Lipinski definition) is 6. The summed E-state index contributed by atoms with van der Waals surface area (Å²) in [7, 11) is 0. The number of carboxylic acid groups (broad SMARTS) is 1. The Kier molecular flexibility index (Phi) is 5.36. The molecule has 1 fully saturated rings. The van der Waals surface area contributed by atoms with Crippen LogP contribution in [0.5, 0.6) is 0 Å². The van der Waals surface area contributed by atoms with Crippen molar-refractivity contribution in [1.29, 1.82) is 0 Å². The summed E-state index contributed by atoms with van der Waals surface area (Å²) in [6.07, 6.45) is 3.93. The summed E-state index contributed by atoms with van der Waals surface area (Å²) in [5.74, 6) is 0.387. The molecule has 0 radical (unpaired) electrons. The second-order valence-corrected chi connectivity index (χ2v) is 7.31. The Balaban J connectivity index is 1.38. The van der Waals surface area contributed by atoms with Gasteiger partial charge in [0.2, 0.25) is 5.91 Å². The molecule has 11 heteroatoms. The number of imidazole rings is 1. The van der Waals surface area contributed by atoms with E-state index in [4.69, 9.17) is 5.11 Å². The minimum absolute atomic E-state index is 0.136. The fraction of sp³-hybridized carbons (Fsp3) is 0.421. The average molecular weight is 413 g/mol. The van der Waals surface area contributed by atoms with E-state index < -0.39 is 12.1 Å². The van der Waals surface area contributed by atoms with Crippen LogP contribution in [0, 0.1) is 6.92 Å². The third-order valence-corrected chi connectivity index (χ3v) is 5.43. The van der Waals surface area contributed by atoms with E-state index in [2.05, 4.69) is 15.3 Å². The number of nitrogens with one attached hydrogen (secondary N) is 1. The zero-order chi connectivity index (χ0) is 21.3. The number of pyridine rings is 1. The Morgan fingerprint density at radius 1 is 1.20 bits per heavy atom. The number of rotatable bonds is 5. The first-order valence-corrected chi connectivity index (χ1v) is 9.71. The van der Waals surface area contributed by atoms with Crippen molar-refractivity contribution in [2.45, 2.75) is 25.9 Å². The molecular formula is C19H23N7O4. The molecule has 11 nitrogen and oxygen atoms in total. The van der Waals surface area contributed by atoms with Crippen molar-refractivity contribution in [2.24, 2.45) is 0 Å². The molecule has 2 aliphatic rings. The van der Waals surface area contributed by atoms with E-state index in [0.717, 1.165) is 11.3 Å². The highest BCUT2D eigenvalue weighted by Gasteiger charge is 2.36. The molecule has 2 aromatic rings. The lowest BCUT2D eigenvalue weighted by Crippen LogP contribution is -2.58. The van der Waals surface area contributed by atoms with Gasteiger partial charge in [-0.1, -0.05) is 0 Å². The van der Waals surface area contributed by atoms with E-state index in [1.807, 2.05) is 5.01 Å². The molecule has 4 heterocycles. The normalized spacial score (nSPS) is 17.7. The van der Waals surface area contributed by atoms with Crippen LogP contribution >= 0.6 is 0 Å². The average Bonchev–Trinajstić information content (AvgIpc) is 3.27. The van der Waals surface area contributed by atoms with Gasteiger partial charge in [0.05, 0.1) is 18.4 Å². The minimum atomic E-state index is -1.24. The van der Waals surface area contributed by atoms with Crippen LogP contribution in [0.2, 0.25) is 0 Å². The fourth-order valence-corrected chi connectivity index (χ4v) is 3.90. The van der Waals surface area contributed by atoms with E-state index in [1.54, 1.807) is 52.1 Å². The minimum Gasteiger partial charge on any atom is -0.465 e. The monoisotopic (exact) mass is 413 g/mol. The number of piperazine rings is 1. The second kappa shape index (κ2) is 8.11. The second-order valence-electron chi connectivity index (χ2n) is 7.31. The first kappa shape index (κ1) is 19.8. The van der Waals surface area contributed by atoms with Crippen molar-refractivity contribution < 1.29 is 19.5 Å². The Hall–Kier alpha value is -3.47. The lowest BCUT2D eigenvalue weighted by atomic mass is 10.1. The van der Waals surface area contributed by atoms with Crippen LogP contribution in [0.1, 0.15) is 17.1 Å². The van der Waals surface area contributed by atoms with Gasteiger partial charge in [-0.3, -0.25) is 14.8 Å². The number of nitrogens with zero attached hydrogens (tertiary/aromatic N) is 6. The summed E-state index contributed by atoms with van der Waals surface area (Å²) < 4.78 is 1.60. The Morgan fingerprint density at radius 2 is 1.90 bits per heavy atom. The van der Waals surface area contributed by atoms with Crippen LogP contribution in [0.4, 0.5) is 9.59 Å². The van der Waals surface area contributed by atoms with E-state index in [1.165, 1.54) is 0 Å². The highest BCUT2D eigenvalue weighted by molar-refractivity contribution is 5.86. The van der Waals surface area contributed by atoms with Crippen molar-refractivity contribution in [1.82, 2.24) is 34.8 Å². The zero-order valence-corrected chi connectivity index (χ0v) is 16.6. The van der Waals surface area contributed by atoms with Crippen molar-refractivity contribution >= 4 is 18.0 Å². The van der Waals surface area contributed by atoms with Gasteiger partial charge in [0.25, 0.3) is 0 Å². The van der Waals surface area contributed by atoms with Crippen LogP contribution in [0.3, 0.4) is 0 Å². The maximum absolute atomic E-state index is 13.0. The van der Waals surface area contributed by atoms with Crippen LogP contribution in [0.25, 0.3) is 0 Å². The molecule has 158 valence electrons. The summed E-state index contributed by atoms with van der Waals surface area (Å²) in [5.41, 5.74) is 1.67. The molecule has 0 unspecified atom stereocenters. The predicted molar refractivity (Wildman–Crippen MR) is 104 cm³/mol. The third kappa shape index (κ3) is 3.83. The lowest BCUT2D eigenvalue weighted by molar-refractivity contribution is -0.137. The van der Waals surface area contributed by atoms with E-state index in [-0.39, 0.29) is 18.4 Å². The van der Waals surface area contributed by atoms with Crippen molar-refractivity contribution in [3.8, 4) is 0 Å². The number of carbonyl (C=O) groups is 3. The zero-order valence-electron chi connectivity index (χ0n) is 16.6. The van der Waals surface area contributed by atoms with Gasteiger partial charge in [0, 0.05) is 45.0 Å². The fourth-order valence-electron chi connectivity index (χ4n) is 3.90. The van der Waals surface area contributed by atoms with Gasteiger partial charge in [0.15, 0.2) is 0 Å². The number of hydrogen-bond donors (Lipinski definition) is 2. The summed E-state index contributed by atoms with van der Waals surface area (Å²) in [6, 6.07) is 2.50. The molecule has 3 amide bonds. The molecule has 0 bridgehead atoms. The van der Waals surface area contributed by atoms with Crippen molar-refractivity contribution in [2.75, 3.05) is 26.2 Å². The topological polar surface area (TPSA) is 124 Å². The van der Waals surface area contributed by atoms with Crippen LogP contribution in [-0.2, 0) is 17.8 Å². The van der Waals surface area contributed by atoms with Crippen molar-refractivity contribution in [3.05, 3.63) is 47.8 Å². The molecule has 2 aliphatic heterocycles. The summed E-state index contributed by atoms with van der Waals surface area (Å²) >= 11 is 0. The molecule has 30 heavy (non-hydrogen) atoms. The SMILES string of the molecule is Cc1ncc2n1C(=O)N(N1CCN(C(=O)[C@@H](Cc3ccncc3)NC(=O)O)CC1)C2. The predicted octanol–water partition coefficient (Wildman–Crippen LogP) is 0.308. The van der Waals surface area contributed by atoms with Crippen molar-refractivity contribution in [3.63, 3.8) is 0 Å². The Bertz CT molecular complexity index is 953. The van der Waals surface area contributed by atoms with Gasteiger partial charge >= 0.3 is 12.1 Å². The highest BCUT2D eigenvalue weighted by atomic mass is 16.4. The number of carbonyl (C=O) groups excluding carboxylic acids is 2. The largest absolute Gasteiger partial charge is 0.465 e. The van der Waals surface area contributed by atoms with Gasteiger partial charge in [-0.2, -0.15) is 0 Å². The Morgan fingerprint density at radius 3 is 2.53 bits per heavy atom. The molecule has 0 spiro atoms. The molecule has 0 aromatic carbocycles. The molecular weight excluding hydrogens is 390 g/mol. The molecule has 2 aromatic heterocycles. The van der Waals surface area contributed by atoms with Gasteiger partial charge in [-0.25, -0.2) is 24.1 Å². The van der Waals surface area contributed by atoms with E-state index in [0.29, 0.717) is 38.5 Å². The smallest absolute Gasteiger partial charge is 0.405 e. The molecule has 0 saturated carbocycles. The molecule has 4 rings (SSSR count). The first-order chi connectivity index (χ1) is 14.4. The maximum atomic E-state index is 13.0. The van der Waals surface area contributed by atoms with Gasteiger partial charge < -0.3 is 15.3 Å². The number of amides is 3. The molecule has 2 N–H and O–H groups in total. The molecule has 1 saturated heterocycles. The van der Waals surface area contributed by atoms with Crippen LogP contribution < -0.4 is 5.32 Å². The number of aromatic nitrogens is 3. The molecule has 1 atom stereocenters. The highest BCUT2D eigenvalue weighted by Crippen LogP contribution is 2.21. The summed E-state index contributed by atoms with van der Waals surface area (Å²) in [6.45, 7) is 4.04. The lowest BCUT2D eigenvalue weighted by Gasteiger charge is -2.39. The van der Waals surface area contributed by atoms with Crippen LogP contribution in [0.15, 0.2) is 30.7 Å². The Labute approximate surface area is 172 Å². The maximum Gasteiger partial charge on any atom is 0.405 e. The van der Waals surface area contributed by atoms with Gasteiger partial charge in [0.1, 0.15) is 11.9 Å². The summed E-state index contributed by atoms with van der Waals surface area (Å²) in [5, 5.41) is 15.1. The molecule has 0 aliphatic carbocycles. The standard InChI is InChI=1S/C19H23N7O4/c1-13-21-11-15-12-25(19(30)26(13)15)24-8-6-23(7-9-24)17(27)16(22-18(28)29)10-14-2-4-20-5-3-14/h2-5,11,16,22H,6-10,12H2,1H3,(H,28,29)/t16-/m1/s1. The number of aryl methyl sites for hydroxylation is 1. The third-order valence-electron chi connectivity index (χ3n) is 5.43. The first-order valence-electron chi connectivity index (χ1n) is 9.71. The van der Waals surface area contributed by atoms with E-state index in [9.17, 15) is 14.4 Å². The van der Waals surface area contributed by atoms with E-state index >= 15 is 0 Å². The number of fused-ring (bicyclic) bond motifs is 1. The summed E-state index contributed by atoms with van der Waals surface area (Å²) in [4.78, 5) is 46.6. The number of hydrazine groups is 1. The van der Waals surface area contributed by atoms with Crippen LogP contribution in [-0.4, -0.2) is 84.8 Å².